The largest absolute Gasteiger partial charge is 0.337 e. The number of nitrogens with zero attached hydrogens (tertiary/aromatic N) is 5. The molecule has 0 aliphatic carbocycles. The highest BCUT2D eigenvalue weighted by Crippen LogP contribution is 2.23. The first-order valence-corrected chi connectivity index (χ1v) is 9.07. The fourth-order valence-electron chi connectivity index (χ4n) is 2.16. The Hall–Kier alpha value is -2.14. The summed E-state index contributed by atoms with van der Waals surface area (Å²) in [5, 5.41) is 16.7. The first kappa shape index (κ1) is 19.2. The Kier molecular flexibility index (Phi) is 5.37. The molecule has 2 atom stereocenters. The molecular formula is C17H24N6OS. The van der Waals surface area contributed by atoms with Crippen LogP contribution in [-0.2, 0) is 4.79 Å². The molecule has 8 heteroatoms. The van der Waals surface area contributed by atoms with Gasteiger partial charge in [-0.25, -0.2) is 9.50 Å². The van der Waals surface area contributed by atoms with E-state index in [2.05, 4.69) is 26.5 Å². The third-order valence-electron chi connectivity index (χ3n) is 4.66. The van der Waals surface area contributed by atoms with Gasteiger partial charge in [0.05, 0.1) is 11.3 Å². The lowest BCUT2D eigenvalue weighted by Gasteiger charge is -2.28. The minimum absolute atomic E-state index is 0.00442. The average molecular weight is 360 g/mol. The minimum atomic E-state index is -0.898. The van der Waals surface area contributed by atoms with Crippen LogP contribution in [0.4, 0.5) is 0 Å². The van der Waals surface area contributed by atoms with Crippen molar-refractivity contribution in [3.8, 4) is 6.07 Å². The van der Waals surface area contributed by atoms with Crippen LogP contribution in [0.25, 0.3) is 5.78 Å². The molecule has 134 valence electrons. The second-order valence-corrected chi connectivity index (χ2v) is 8.04. The zero-order chi connectivity index (χ0) is 18.9. The van der Waals surface area contributed by atoms with Crippen LogP contribution in [0.3, 0.4) is 0 Å². The van der Waals surface area contributed by atoms with E-state index in [9.17, 15) is 10.1 Å². The standard InChI is InChI=1S/C17H24N6OS/c1-9(2)17(7,8-18)21-14(24)13(6)25-16-20-15-19-11(4)10(3)12(5)23(15)22-16/h9,13H,1-7H3,(H,21,24). The van der Waals surface area contributed by atoms with Crippen LogP contribution in [0.5, 0.6) is 0 Å². The Morgan fingerprint density at radius 2 is 1.92 bits per heavy atom. The Balaban J connectivity index is 2.19. The molecule has 2 heterocycles. The van der Waals surface area contributed by atoms with Crippen molar-refractivity contribution in [1.82, 2.24) is 24.9 Å². The van der Waals surface area contributed by atoms with E-state index in [1.54, 1.807) is 18.4 Å². The fraction of sp³-hybridized carbons (Fsp3) is 0.588. The zero-order valence-electron chi connectivity index (χ0n) is 15.7. The van der Waals surface area contributed by atoms with E-state index in [-0.39, 0.29) is 11.8 Å². The van der Waals surface area contributed by atoms with Gasteiger partial charge in [0.1, 0.15) is 5.54 Å². The molecule has 2 unspecified atom stereocenters. The van der Waals surface area contributed by atoms with Crippen LogP contribution in [0.1, 0.15) is 44.6 Å². The van der Waals surface area contributed by atoms with Gasteiger partial charge in [-0.1, -0.05) is 25.6 Å². The highest BCUT2D eigenvalue weighted by molar-refractivity contribution is 8.00. The van der Waals surface area contributed by atoms with Gasteiger partial charge in [-0.3, -0.25) is 4.79 Å². The predicted molar refractivity (Wildman–Crippen MR) is 97.3 cm³/mol. The van der Waals surface area contributed by atoms with Crippen LogP contribution in [0, 0.1) is 38.0 Å². The van der Waals surface area contributed by atoms with Gasteiger partial charge < -0.3 is 5.32 Å². The molecule has 25 heavy (non-hydrogen) atoms. The first-order chi connectivity index (χ1) is 11.6. The van der Waals surface area contributed by atoms with Gasteiger partial charge in [-0.15, -0.1) is 5.10 Å². The summed E-state index contributed by atoms with van der Waals surface area (Å²) in [5.74, 6) is 0.322. The van der Waals surface area contributed by atoms with Gasteiger partial charge in [0.2, 0.25) is 11.1 Å². The minimum Gasteiger partial charge on any atom is -0.337 e. The summed E-state index contributed by atoms with van der Waals surface area (Å²) >= 11 is 1.26. The molecule has 2 aromatic heterocycles. The van der Waals surface area contributed by atoms with Gasteiger partial charge in [0.15, 0.2) is 0 Å². The lowest BCUT2D eigenvalue weighted by Crippen LogP contribution is -2.51. The van der Waals surface area contributed by atoms with E-state index in [0.29, 0.717) is 10.9 Å². The van der Waals surface area contributed by atoms with Crippen LogP contribution in [-0.4, -0.2) is 36.3 Å². The molecule has 7 nitrogen and oxygen atoms in total. The number of aryl methyl sites for hydroxylation is 2. The van der Waals surface area contributed by atoms with Crippen molar-refractivity contribution in [2.75, 3.05) is 0 Å². The van der Waals surface area contributed by atoms with Crippen molar-refractivity contribution < 1.29 is 4.79 Å². The summed E-state index contributed by atoms with van der Waals surface area (Å²) in [6, 6.07) is 2.18. The summed E-state index contributed by atoms with van der Waals surface area (Å²) in [4.78, 5) is 21.3. The van der Waals surface area contributed by atoms with Crippen molar-refractivity contribution in [3.63, 3.8) is 0 Å². The van der Waals surface area contributed by atoms with Crippen LogP contribution < -0.4 is 5.32 Å². The summed E-state index contributed by atoms with van der Waals surface area (Å²) in [6.45, 7) is 13.2. The van der Waals surface area contributed by atoms with Crippen LogP contribution in [0.2, 0.25) is 0 Å². The smallest absolute Gasteiger partial charge is 0.253 e. The molecule has 1 amide bonds. The summed E-state index contributed by atoms with van der Waals surface area (Å²) in [7, 11) is 0. The summed E-state index contributed by atoms with van der Waals surface area (Å²) < 4.78 is 1.70. The second-order valence-electron chi connectivity index (χ2n) is 6.73. The lowest BCUT2D eigenvalue weighted by atomic mass is 9.90. The van der Waals surface area contributed by atoms with E-state index in [1.165, 1.54) is 11.8 Å². The van der Waals surface area contributed by atoms with Crippen molar-refractivity contribution in [2.24, 2.45) is 5.92 Å². The molecule has 0 saturated carbocycles. The lowest BCUT2D eigenvalue weighted by molar-refractivity contribution is -0.121. The maximum absolute atomic E-state index is 12.5. The number of rotatable bonds is 5. The van der Waals surface area contributed by atoms with Crippen molar-refractivity contribution >= 4 is 23.4 Å². The molecule has 0 aliphatic rings. The molecule has 0 fully saturated rings. The van der Waals surface area contributed by atoms with E-state index >= 15 is 0 Å². The number of thioether (sulfide) groups is 1. The van der Waals surface area contributed by atoms with Crippen LogP contribution in [0.15, 0.2) is 5.16 Å². The number of carbonyl (C=O) groups excluding carboxylic acids is 1. The van der Waals surface area contributed by atoms with E-state index in [4.69, 9.17) is 0 Å². The highest BCUT2D eigenvalue weighted by atomic mass is 32.2. The number of nitriles is 1. The first-order valence-electron chi connectivity index (χ1n) is 8.19. The Labute approximate surface area is 152 Å². The Bertz CT molecular complexity index is 853. The number of aromatic nitrogens is 4. The monoisotopic (exact) mass is 360 g/mol. The Morgan fingerprint density at radius 1 is 1.28 bits per heavy atom. The SMILES string of the molecule is Cc1nc2nc(SC(C)C(=O)NC(C)(C#N)C(C)C)nn2c(C)c1C. The van der Waals surface area contributed by atoms with E-state index in [0.717, 1.165) is 17.0 Å². The topological polar surface area (TPSA) is 96.0 Å². The Morgan fingerprint density at radius 3 is 2.48 bits per heavy atom. The third-order valence-corrected chi connectivity index (χ3v) is 5.61. The molecule has 0 spiro atoms. The number of hydrogen-bond acceptors (Lipinski definition) is 6. The molecule has 1 N–H and O–H groups in total. The summed E-state index contributed by atoms with van der Waals surface area (Å²) in [6.07, 6.45) is 0. The molecular weight excluding hydrogens is 336 g/mol. The van der Waals surface area contributed by atoms with Gasteiger partial charge in [-0.05, 0) is 46.1 Å². The number of nitrogens with one attached hydrogen (secondary N) is 1. The molecule has 0 saturated heterocycles. The quantitative estimate of drug-likeness (QED) is 0.823. The highest BCUT2D eigenvalue weighted by Gasteiger charge is 2.32. The number of fused-ring (bicyclic) bond motifs is 1. The number of amides is 1. The van der Waals surface area contributed by atoms with Crippen LogP contribution >= 0.6 is 11.8 Å². The van der Waals surface area contributed by atoms with Gasteiger partial charge in [-0.2, -0.15) is 10.2 Å². The molecule has 0 bridgehead atoms. The molecule has 2 aromatic rings. The molecule has 0 radical (unpaired) electrons. The van der Waals surface area contributed by atoms with Gasteiger partial charge >= 0.3 is 0 Å². The van der Waals surface area contributed by atoms with E-state index in [1.807, 2.05) is 34.6 Å². The molecule has 0 aliphatic heterocycles. The van der Waals surface area contributed by atoms with Crippen molar-refractivity contribution in [3.05, 3.63) is 17.0 Å². The predicted octanol–water partition coefficient (Wildman–Crippen LogP) is 2.58. The second kappa shape index (κ2) is 7.00. The van der Waals surface area contributed by atoms with Crippen molar-refractivity contribution in [1.29, 1.82) is 5.26 Å². The average Bonchev–Trinajstić information content (AvgIpc) is 2.94. The number of hydrogen-bond donors (Lipinski definition) is 1. The zero-order valence-corrected chi connectivity index (χ0v) is 16.5. The summed E-state index contributed by atoms with van der Waals surface area (Å²) in [5.41, 5.74) is 2.07. The van der Waals surface area contributed by atoms with Crippen molar-refractivity contribution in [2.45, 2.75) is 64.4 Å². The maximum Gasteiger partial charge on any atom is 0.253 e. The molecule has 2 rings (SSSR count). The van der Waals surface area contributed by atoms with Gasteiger partial charge in [0, 0.05) is 11.4 Å². The number of carbonyl (C=O) groups is 1. The van der Waals surface area contributed by atoms with E-state index < -0.39 is 10.8 Å². The van der Waals surface area contributed by atoms with Gasteiger partial charge in [0.25, 0.3) is 5.78 Å². The third kappa shape index (κ3) is 3.76. The fourth-order valence-corrected chi connectivity index (χ4v) is 2.90. The normalized spacial score (nSPS) is 15.0. The maximum atomic E-state index is 12.5. The molecule has 0 aromatic carbocycles.